The SMILES string of the molecule is CC(C)c1ccc2c(c1)CCC1C(C)(C(=O)OCC(O)COCC3CCC(COCC(O)COC(=O)C4(C)CCCC5(C)c6ccc(C(C)C)cc6CCC45)CC3)CCCC21C. The van der Waals surface area contributed by atoms with Crippen molar-refractivity contribution in [2.75, 3.05) is 39.6 Å². The normalized spacial score (nSPS) is 32.8. The zero-order valence-corrected chi connectivity index (χ0v) is 39.6. The van der Waals surface area contributed by atoms with Gasteiger partial charge in [-0.15, -0.1) is 0 Å². The summed E-state index contributed by atoms with van der Waals surface area (Å²) < 4.78 is 23.7. The van der Waals surface area contributed by atoms with Crippen molar-refractivity contribution in [1.29, 1.82) is 0 Å². The summed E-state index contributed by atoms with van der Waals surface area (Å²) in [7, 11) is 0. The monoisotopic (exact) mass is 857 g/mol. The summed E-state index contributed by atoms with van der Waals surface area (Å²) in [6, 6.07) is 14.0. The lowest BCUT2D eigenvalue weighted by molar-refractivity contribution is -0.169. The van der Waals surface area contributed by atoms with Gasteiger partial charge in [0.2, 0.25) is 0 Å². The number of hydrogen-bond donors (Lipinski definition) is 2. The molecule has 0 spiro atoms. The van der Waals surface area contributed by atoms with E-state index < -0.39 is 23.0 Å². The van der Waals surface area contributed by atoms with E-state index in [2.05, 4.69) is 91.8 Å². The van der Waals surface area contributed by atoms with Gasteiger partial charge in [0.05, 0.1) is 24.0 Å². The lowest BCUT2D eigenvalue weighted by atomic mass is 9.49. The summed E-state index contributed by atoms with van der Waals surface area (Å²) in [5.74, 6) is 1.86. The Morgan fingerprint density at radius 2 is 0.968 bits per heavy atom. The predicted molar refractivity (Wildman–Crippen MR) is 244 cm³/mol. The zero-order chi connectivity index (χ0) is 44.5. The molecule has 8 atom stereocenters. The topological polar surface area (TPSA) is 112 Å². The fraction of sp³-hybridized carbons (Fsp3) is 0.741. The fourth-order valence-corrected chi connectivity index (χ4v) is 13.3. The first-order valence-electron chi connectivity index (χ1n) is 24.6. The van der Waals surface area contributed by atoms with Crippen molar-refractivity contribution in [3.05, 3.63) is 69.8 Å². The van der Waals surface area contributed by atoms with Crippen LogP contribution in [-0.4, -0.2) is 74.0 Å². The lowest BCUT2D eigenvalue weighted by Crippen LogP contribution is -2.53. The number of carbonyl (C=O) groups is 2. The van der Waals surface area contributed by atoms with E-state index in [0.29, 0.717) is 36.9 Å². The van der Waals surface area contributed by atoms with Crippen molar-refractivity contribution in [2.45, 2.75) is 180 Å². The fourth-order valence-electron chi connectivity index (χ4n) is 13.3. The standard InChI is InChI=1S/C54H80O8/c1-35(2)39-15-19-45-41(27-39)17-21-47-51(45,5)23-9-25-53(47,7)49(57)61-33-43(55)31-59-29-37-11-13-38(14-12-37)30-60-32-44(56)34-62-50(58)54(8)26-10-24-52(6)46-20-16-40(36(3)4)28-42(46)18-22-48(52)54/h15-16,19-20,27-28,35-38,43-44,47-48,55-56H,9-14,17-18,21-26,29-34H2,1-8H3. The van der Waals surface area contributed by atoms with Crippen LogP contribution in [0.5, 0.6) is 0 Å². The first-order chi connectivity index (χ1) is 29.5. The number of esters is 2. The van der Waals surface area contributed by atoms with E-state index in [1.807, 2.05) is 0 Å². The number of benzene rings is 2. The van der Waals surface area contributed by atoms with Crippen molar-refractivity contribution >= 4 is 11.9 Å². The minimum absolute atomic E-state index is 0.0467. The van der Waals surface area contributed by atoms with E-state index in [4.69, 9.17) is 18.9 Å². The van der Waals surface area contributed by atoms with Crippen molar-refractivity contribution < 1.29 is 38.7 Å². The van der Waals surface area contributed by atoms with Crippen LogP contribution in [0.4, 0.5) is 0 Å². The van der Waals surface area contributed by atoms with E-state index in [0.717, 1.165) is 89.9 Å². The molecule has 2 aromatic carbocycles. The Morgan fingerprint density at radius 1 is 0.581 bits per heavy atom. The van der Waals surface area contributed by atoms with Crippen LogP contribution in [0.25, 0.3) is 0 Å². The number of hydrogen-bond acceptors (Lipinski definition) is 8. The molecule has 3 fully saturated rings. The Labute approximate surface area is 373 Å². The summed E-state index contributed by atoms with van der Waals surface area (Å²) in [6.45, 7) is 19.2. The van der Waals surface area contributed by atoms with Crippen molar-refractivity contribution in [1.82, 2.24) is 0 Å². The minimum Gasteiger partial charge on any atom is -0.462 e. The van der Waals surface area contributed by atoms with Crippen LogP contribution < -0.4 is 0 Å². The summed E-state index contributed by atoms with van der Waals surface area (Å²) in [4.78, 5) is 27.5. The van der Waals surface area contributed by atoms with E-state index in [1.54, 1.807) is 0 Å². The molecule has 8 unspecified atom stereocenters. The smallest absolute Gasteiger partial charge is 0.312 e. The molecule has 0 aliphatic heterocycles. The number of rotatable bonds is 16. The Bertz CT molecular complexity index is 1730. The molecule has 344 valence electrons. The van der Waals surface area contributed by atoms with Crippen LogP contribution in [0.1, 0.15) is 178 Å². The Balaban J connectivity index is 0.773. The first-order valence-corrected chi connectivity index (χ1v) is 24.6. The number of ether oxygens (including phenoxy) is 4. The maximum Gasteiger partial charge on any atom is 0.312 e. The van der Waals surface area contributed by atoms with Gasteiger partial charge >= 0.3 is 11.9 Å². The Hall–Kier alpha value is -2.78. The second kappa shape index (κ2) is 19.4. The Kier molecular flexibility index (Phi) is 14.7. The molecule has 5 aliphatic carbocycles. The van der Waals surface area contributed by atoms with Gasteiger partial charge < -0.3 is 29.2 Å². The van der Waals surface area contributed by atoms with Gasteiger partial charge in [-0.05, 0) is 171 Å². The average molecular weight is 857 g/mol. The quantitative estimate of drug-likeness (QED) is 0.161. The average Bonchev–Trinajstić information content (AvgIpc) is 3.24. The second-order valence-electron chi connectivity index (χ2n) is 22.2. The molecule has 0 bridgehead atoms. The highest BCUT2D eigenvalue weighted by Gasteiger charge is 2.57. The van der Waals surface area contributed by atoms with Crippen LogP contribution in [-0.2, 0) is 52.2 Å². The number of carbonyl (C=O) groups excluding carboxylic acids is 2. The molecule has 7 rings (SSSR count). The molecule has 62 heavy (non-hydrogen) atoms. The minimum atomic E-state index is -0.858. The van der Waals surface area contributed by atoms with Crippen molar-refractivity contribution in [2.24, 2.45) is 34.5 Å². The van der Waals surface area contributed by atoms with Gasteiger partial charge in [-0.25, -0.2) is 0 Å². The second-order valence-corrected chi connectivity index (χ2v) is 22.2. The summed E-state index contributed by atoms with van der Waals surface area (Å²) in [5, 5.41) is 21.5. The van der Waals surface area contributed by atoms with Gasteiger partial charge in [0, 0.05) is 13.2 Å². The lowest BCUT2D eigenvalue weighted by Gasteiger charge is -2.54. The summed E-state index contributed by atoms with van der Waals surface area (Å²) in [6.07, 6.45) is 12.0. The van der Waals surface area contributed by atoms with Crippen molar-refractivity contribution in [3.8, 4) is 0 Å². The highest BCUT2D eigenvalue weighted by molar-refractivity contribution is 5.78. The molecular weight excluding hydrogens is 777 g/mol. The highest BCUT2D eigenvalue weighted by atomic mass is 16.6. The molecule has 0 heterocycles. The van der Waals surface area contributed by atoms with Crippen molar-refractivity contribution in [3.63, 3.8) is 0 Å². The van der Waals surface area contributed by atoms with Gasteiger partial charge in [0.15, 0.2) is 0 Å². The number of aliphatic hydroxyl groups is 2. The van der Waals surface area contributed by atoms with Gasteiger partial charge in [-0.2, -0.15) is 0 Å². The third-order valence-electron chi connectivity index (χ3n) is 17.1. The van der Waals surface area contributed by atoms with Crippen LogP contribution in [0, 0.1) is 34.5 Å². The van der Waals surface area contributed by atoms with E-state index >= 15 is 0 Å². The van der Waals surface area contributed by atoms with Crippen LogP contribution in [0.2, 0.25) is 0 Å². The molecule has 5 aliphatic rings. The van der Waals surface area contributed by atoms with Gasteiger partial charge in [0.25, 0.3) is 0 Å². The molecule has 2 aromatic rings. The molecule has 3 saturated carbocycles. The van der Waals surface area contributed by atoms with Gasteiger partial charge in [0.1, 0.15) is 25.4 Å². The molecule has 0 saturated heterocycles. The van der Waals surface area contributed by atoms with E-state index in [-0.39, 0.29) is 61.0 Å². The molecule has 8 heteroatoms. The van der Waals surface area contributed by atoms with E-state index in [9.17, 15) is 19.8 Å². The van der Waals surface area contributed by atoms with Gasteiger partial charge in [-0.1, -0.05) is 90.8 Å². The summed E-state index contributed by atoms with van der Waals surface area (Å²) in [5.41, 5.74) is 7.19. The summed E-state index contributed by atoms with van der Waals surface area (Å²) >= 11 is 0. The molecule has 0 aromatic heterocycles. The highest BCUT2D eigenvalue weighted by Crippen LogP contribution is 2.59. The number of aliphatic hydroxyl groups excluding tert-OH is 2. The maximum absolute atomic E-state index is 13.8. The van der Waals surface area contributed by atoms with Gasteiger partial charge in [-0.3, -0.25) is 9.59 Å². The maximum atomic E-state index is 13.8. The third-order valence-corrected chi connectivity index (χ3v) is 17.1. The Morgan fingerprint density at radius 3 is 1.34 bits per heavy atom. The van der Waals surface area contributed by atoms with E-state index in [1.165, 1.54) is 33.4 Å². The van der Waals surface area contributed by atoms with Crippen LogP contribution >= 0.6 is 0 Å². The molecule has 2 N–H and O–H groups in total. The molecule has 0 amide bonds. The molecule has 8 nitrogen and oxygen atoms in total. The molecular formula is C54H80O8. The van der Waals surface area contributed by atoms with Crippen LogP contribution in [0.3, 0.4) is 0 Å². The number of aryl methyl sites for hydroxylation is 2. The number of fused-ring (bicyclic) bond motifs is 6. The molecule has 0 radical (unpaired) electrons. The zero-order valence-electron chi connectivity index (χ0n) is 39.6. The first kappa shape index (κ1) is 47.2. The largest absolute Gasteiger partial charge is 0.462 e. The van der Waals surface area contributed by atoms with Crippen LogP contribution in [0.15, 0.2) is 36.4 Å². The predicted octanol–water partition coefficient (Wildman–Crippen LogP) is 10.3. The third kappa shape index (κ3) is 9.60.